The minimum atomic E-state index is -0.676. The van der Waals surface area contributed by atoms with E-state index in [1.807, 2.05) is 6.07 Å². The van der Waals surface area contributed by atoms with Gasteiger partial charge in [0, 0.05) is 11.6 Å². The van der Waals surface area contributed by atoms with Gasteiger partial charge in [-0.25, -0.2) is 0 Å². The molecular formula is C21H20N2O4. The Kier molecular flexibility index (Phi) is 4.62. The van der Waals surface area contributed by atoms with Gasteiger partial charge in [-0.3, -0.25) is 14.4 Å². The molecule has 2 N–H and O–H groups in total. The summed E-state index contributed by atoms with van der Waals surface area (Å²) in [5.41, 5.74) is 2.02. The summed E-state index contributed by atoms with van der Waals surface area (Å²) < 4.78 is 5.56. The Morgan fingerprint density at radius 2 is 1.78 bits per heavy atom. The molecule has 1 heterocycles. The maximum Gasteiger partial charge on any atom is 0.227 e. The fourth-order valence-electron chi connectivity index (χ4n) is 3.07. The lowest BCUT2D eigenvalue weighted by molar-refractivity contribution is -0.121. The van der Waals surface area contributed by atoms with E-state index in [1.165, 1.54) is 0 Å². The van der Waals surface area contributed by atoms with Crippen LogP contribution >= 0.6 is 0 Å². The first-order valence-electron chi connectivity index (χ1n) is 9.05. The molecule has 1 atom stereocenters. The number of rotatable bonds is 5. The normalized spacial score (nSPS) is 18.2. The number of carbonyl (C=O) groups excluding carboxylic acids is 3. The number of fused-ring (bicyclic) bond motifs is 1. The maximum atomic E-state index is 12.5. The lowest BCUT2D eigenvalue weighted by atomic mass is 10.0. The van der Waals surface area contributed by atoms with Crippen molar-refractivity contribution in [2.45, 2.75) is 25.3 Å². The van der Waals surface area contributed by atoms with Gasteiger partial charge in [0.2, 0.25) is 11.8 Å². The number of hydrogen-bond acceptors (Lipinski definition) is 4. The van der Waals surface area contributed by atoms with Gasteiger partial charge >= 0.3 is 0 Å². The Hall–Kier alpha value is -3.15. The van der Waals surface area contributed by atoms with E-state index in [2.05, 4.69) is 10.6 Å². The van der Waals surface area contributed by atoms with Crippen molar-refractivity contribution in [3.8, 4) is 5.75 Å². The number of ether oxygens (including phenoxy) is 1. The standard InChI is InChI=1S/C21H20N2O4/c24-19(23-17-12-27-18-4-2-1-3-16(18)20(17)25)11-13-5-9-15(10-6-13)22-21(26)14-7-8-14/h1-6,9-10,14,17H,7-8,11-12H2,(H,22,26)(H,23,24). The molecule has 1 fully saturated rings. The highest BCUT2D eigenvalue weighted by Gasteiger charge is 2.30. The van der Waals surface area contributed by atoms with E-state index in [9.17, 15) is 14.4 Å². The first kappa shape index (κ1) is 17.3. The predicted octanol–water partition coefficient (Wildman–Crippen LogP) is 2.34. The van der Waals surface area contributed by atoms with E-state index in [0.29, 0.717) is 11.3 Å². The predicted molar refractivity (Wildman–Crippen MR) is 99.7 cm³/mol. The average molecular weight is 364 g/mol. The third-order valence-electron chi connectivity index (χ3n) is 4.74. The molecule has 2 amide bonds. The SMILES string of the molecule is O=C(Cc1ccc(NC(=O)C2CC2)cc1)NC1COc2ccccc2C1=O. The number of amides is 2. The number of para-hydroxylation sites is 1. The lowest BCUT2D eigenvalue weighted by Gasteiger charge is -2.24. The molecule has 6 nitrogen and oxygen atoms in total. The van der Waals surface area contributed by atoms with Crippen LogP contribution in [0.5, 0.6) is 5.75 Å². The molecule has 2 aliphatic rings. The third-order valence-corrected chi connectivity index (χ3v) is 4.74. The zero-order valence-corrected chi connectivity index (χ0v) is 14.7. The van der Waals surface area contributed by atoms with Crippen LogP contribution in [0.25, 0.3) is 0 Å². The largest absolute Gasteiger partial charge is 0.490 e. The molecule has 0 aromatic heterocycles. The van der Waals surface area contributed by atoms with E-state index in [1.54, 1.807) is 42.5 Å². The molecule has 0 bridgehead atoms. The van der Waals surface area contributed by atoms with Crippen molar-refractivity contribution in [2.24, 2.45) is 5.92 Å². The van der Waals surface area contributed by atoms with Gasteiger partial charge in [0.1, 0.15) is 18.4 Å². The van der Waals surface area contributed by atoms with E-state index in [4.69, 9.17) is 4.74 Å². The molecule has 1 saturated carbocycles. The number of ketones is 1. The van der Waals surface area contributed by atoms with Crippen LogP contribution in [0.15, 0.2) is 48.5 Å². The third kappa shape index (κ3) is 4.00. The second-order valence-electron chi connectivity index (χ2n) is 6.93. The smallest absolute Gasteiger partial charge is 0.227 e. The highest BCUT2D eigenvalue weighted by molar-refractivity contribution is 6.05. The minimum absolute atomic E-state index is 0.0524. The number of hydrogen-bond donors (Lipinski definition) is 2. The summed E-state index contributed by atoms with van der Waals surface area (Å²) in [5, 5.41) is 5.61. The Bertz CT molecular complexity index is 887. The first-order chi connectivity index (χ1) is 13.1. The minimum Gasteiger partial charge on any atom is -0.490 e. The number of benzene rings is 2. The number of carbonyl (C=O) groups is 3. The molecule has 1 unspecified atom stereocenters. The van der Waals surface area contributed by atoms with Crippen molar-refractivity contribution < 1.29 is 19.1 Å². The summed E-state index contributed by atoms with van der Waals surface area (Å²) in [5.74, 6) is 0.374. The monoisotopic (exact) mass is 364 g/mol. The van der Waals surface area contributed by atoms with Crippen LogP contribution in [0.4, 0.5) is 5.69 Å². The van der Waals surface area contributed by atoms with Crippen molar-refractivity contribution in [1.82, 2.24) is 5.32 Å². The Morgan fingerprint density at radius 1 is 1.04 bits per heavy atom. The summed E-state index contributed by atoms with van der Waals surface area (Å²) in [7, 11) is 0. The summed E-state index contributed by atoms with van der Waals surface area (Å²) in [4.78, 5) is 36.5. The van der Waals surface area contributed by atoms with Crippen LogP contribution in [0.1, 0.15) is 28.8 Å². The van der Waals surface area contributed by atoms with Gasteiger partial charge < -0.3 is 15.4 Å². The molecule has 1 aliphatic carbocycles. The van der Waals surface area contributed by atoms with E-state index in [0.717, 1.165) is 24.1 Å². The van der Waals surface area contributed by atoms with Crippen LogP contribution in [0, 0.1) is 5.92 Å². The maximum absolute atomic E-state index is 12.5. The van der Waals surface area contributed by atoms with E-state index in [-0.39, 0.29) is 36.5 Å². The topological polar surface area (TPSA) is 84.5 Å². The fraction of sp³-hybridized carbons (Fsp3) is 0.286. The highest BCUT2D eigenvalue weighted by atomic mass is 16.5. The molecule has 0 saturated heterocycles. The van der Waals surface area contributed by atoms with E-state index >= 15 is 0 Å². The van der Waals surface area contributed by atoms with Gasteiger partial charge in [0.25, 0.3) is 0 Å². The molecule has 4 rings (SSSR count). The summed E-state index contributed by atoms with van der Waals surface area (Å²) in [6, 6.07) is 13.5. The quantitative estimate of drug-likeness (QED) is 0.853. The van der Waals surface area contributed by atoms with Gasteiger partial charge in [-0.1, -0.05) is 24.3 Å². The molecule has 0 spiro atoms. The average Bonchev–Trinajstić information content (AvgIpc) is 3.51. The van der Waals surface area contributed by atoms with Crippen molar-refractivity contribution in [1.29, 1.82) is 0 Å². The second-order valence-corrected chi connectivity index (χ2v) is 6.93. The zero-order valence-electron chi connectivity index (χ0n) is 14.7. The van der Waals surface area contributed by atoms with Crippen molar-refractivity contribution >= 4 is 23.3 Å². The van der Waals surface area contributed by atoms with Crippen LogP contribution in [0.3, 0.4) is 0 Å². The second kappa shape index (κ2) is 7.23. The molecular weight excluding hydrogens is 344 g/mol. The molecule has 138 valence electrons. The zero-order chi connectivity index (χ0) is 18.8. The van der Waals surface area contributed by atoms with Crippen LogP contribution in [-0.4, -0.2) is 30.2 Å². The van der Waals surface area contributed by atoms with Gasteiger partial charge in [-0.2, -0.15) is 0 Å². The van der Waals surface area contributed by atoms with Gasteiger partial charge in [0.05, 0.1) is 12.0 Å². The van der Waals surface area contributed by atoms with Crippen LogP contribution in [0.2, 0.25) is 0 Å². The Labute approximate surface area is 156 Å². The molecule has 1 aliphatic heterocycles. The van der Waals surface area contributed by atoms with Crippen molar-refractivity contribution in [2.75, 3.05) is 11.9 Å². The Balaban J connectivity index is 1.33. The van der Waals surface area contributed by atoms with Gasteiger partial charge in [-0.05, 0) is 42.7 Å². The molecule has 2 aromatic carbocycles. The Morgan fingerprint density at radius 3 is 2.52 bits per heavy atom. The number of anilines is 1. The molecule has 2 aromatic rings. The van der Waals surface area contributed by atoms with Crippen LogP contribution in [-0.2, 0) is 16.0 Å². The number of Topliss-reactive ketones (excluding diaryl/α,β-unsaturated/α-hetero) is 1. The van der Waals surface area contributed by atoms with Gasteiger partial charge in [-0.15, -0.1) is 0 Å². The van der Waals surface area contributed by atoms with E-state index < -0.39 is 6.04 Å². The summed E-state index contributed by atoms with van der Waals surface area (Å²) >= 11 is 0. The highest BCUT2D eigenvalue weighted by Crippen LogP contribution is 2.30. The fourth-order valence-corrected chi connectivity index (χ4v) is 3.07. The van der Waals surface area contributed by atoms with Crippen molar-refractivity contribution in [3.05, 3.63) is 59.7 Å². The molecule has 27 heavy (non-hydrogen) atoms. The van der Waals surface area contributed by atoms with Crippen molar-refractivity contribution in [3.63, 3.8) is 0 Å². The van der Waals surface area contributed by atoms with Crippen LogP contribution < -0.4 is 15.4 Å². The number of nitrogens with one attached hydrogen (secondary N) is 2. The molecule has 6 heteroatoms. The summed E-state index contributed by atoms with van der Waals surface area (Å²) in [6.45, 7) is 0.133. The first-order valence-corrected chi connectivity index (χ1v) is 9.05. The summed E-state index contributed by atoms with van der Waals surface area (Å²) in [6.07, 6.45) is 2.07. The van der Waals surface area contributed by atoms with Gasteiger partial charge in [0.15, 0.2) is 5.78 Å². The lowest BCUT2D eigenvalue weighted by Crippen LogP contribution is -2.47. The molecule has 0 radical (unpaired) electrons.